The minimum atomic E-state index is -0.201. The van der Waals surface area contributed by atoms with Crippen LogP contribution in [0.2, 0.25) is 0 Å². The van der Waals surface area contributed by atoms with Gasteiger partial charge in [0.1, 0.15) is 0 Å². The van der Waals surface area contributed by atoms with Gasteiger partial charge in [0, 0.05) is 41.1 Å². The van der Waals surface area contributed by atoms with Crippen molar-refractivity contribution in [3.05, 3.63) is 64.1 Å². The van der Waals surface area contributed by atoms with Crippen LogP contribution in [0.3, 0.4) is 0 Å². The molecule has 2 aliphatic heterocycles. The second kappa shape index (κ2) is 8.40. The van der Waals surface area contributed by atoms with Crippen molar-refractivity contribution in [3.63, 3.8) is 0 Å². The van der Waals surface area contributed by atoms with E-state index in [1.807, 2.05) is 77.0 Å². The van der Waals surface area contributed by atoms with E-state index in [0.29, 0.717) is 13.1 Å². The van der Waals surface area contributed by atoms with E-state index >= 15 is 0 Å². The summed E-state index contributed by atoms with van der Waals surface area (Å²) in [5, 5.41) is 2.97. The van der Waals surface area contributed by atoms with Gasteiger partial charge in [-0.15, -0.1) is 11.8 Å². The van der Waals surface area contributed by atoms with Crippen molar-refractivity contribution in [2.45, 2.75) is 24.6 Å². The van der Waals surface area contributed by atoms with Gasteiger partial charge in [0.05, 0.1) is 4.87 Å². The Morgan fingerprint density at radius 1 is 1.07 bits per heavy atom. The van der Waals surface area contributed by atoms with Gasteiger partial charge in [-0.2, -0.15) is 0 Å². The van der Waals surface area contributed by atoms with E-state index in [1.54, 1.807) is 0 Å². The highest BCUT2D eigenvalue weighted by Crippen LogP contribution is 2.44. The maximum atomic E-state index is 13.2. The third kappa shape index (κ3) is 4.31. The predicted octanol–water partition coefficient (Wildman–Crippen LogP) is 4.97. The number of aryl methyl sites for hydroxylation is 1. The number of halogens is 1. The van der Waals surface area contributed by atoms with Crippen molar-refractivity contribution in [2.24, 2.45) is 0 Å². The molecular weight excluding hydrogens is 450 g/mol. The largest absolute Gasteiger partial charge is 0.324 e. The van der Waals surface area contributed by atoms with E-state index in [-0.39, 0.29) is 16.8 Å². The van der Waals surface area contributed by atoms with Gasteiger partial charge in [0.15, 0.2) is 0 Å². The number of benzene rings is 2. The zero-order chi connectivity index (χ0) is 20.4. The molecule has 2 aromatic rings. The standard InChI is InChI=1S/C22H24BrN3O2S/c1-16-4-2-5-17(14-16)20(27)26-12-13-29-22(26)8-10-25(11-9-22)21(28)24-19-7-3-6-18(23)15-19/h2-7,14-15H,8-13H2,1H3,(H,24,28). The molecule has 1 N–H and O–H groups in total. The zero-order valence-electron chi connectivity index (χ0n) is 16.4. The van der Waals surface area contributed by atoms with Crippen LogP contribution in [0, 0.1) is 6.92 Å². The Morgan fingerprint density at radius 3 is 2.55 bits per heavy atom. The molecule has 1 spiro atoms. The average molecular weight is 474 g/mol. The quantitative estimate of drug-likeness (QED) is 0.669. The summed E-state index contributed by atoms with van der Waals surface area (Å²) in [5.74, 6) is 1.05. The number of nitrogens with zero attached hydrogens (tertiary/aromatic N) is 2. The molecule has 0 aromatic heterocycles. The summed E-state index contributed by atoms with van der Waals surface area (Å²) < 4.78 is 0.931. The fourth-order valence-corrected chi connectivity index (χ4v) is 5.93. The molecule has 2 saturated heterocycles. The van der Waals surface area contributed by atoms with Gasteiger partial charge in [-0.1, -0.05) is 39.7 Å². The van der Waals surface area contributed by atoms with Gasteiger partial charge < -0.3 is 15.1 Å². The summed E-state index contributed by atoms with van der Waals surface area (Å²) in [7, 11) is 0. The zero-order valence-corrected chi connectivity index (χ0v) is 18.8. The lowest BCUT2D eigenvalue weighted by atomic mass is 10.0. The van der Waals surface area contributed by atoms with E-state index in [2.05, 4.69) is 21.2 Å². The summed E-state index contributed by atoms with van der Waals surface area (Å²) >= 11 is 5.29. The van der Waals surface area contributed by atoms with E-state index in [1.165, 1.54) is 0 Å². The van der Waals surface area contributed by atoms with Gasteiger partial charge >= 0.3 is 6.03 Å². The number of hydrogen-bond donors (Lipinski definition) is 1. The maximum Gasteiger partial charge on any atom is 0.321 e. The molecule has 3 amide bonds. The molecule has 5 nitrogen and oxygen atoms in total. The highest BCUT2D eigenvalue weighted by atomic mass is 79.9. The van der Waals surface area contributed by atoms with Crippen LogP contribution in [0.5, 0.6) is 0 Å². The number of likely N-dealkylation sites (tertiary alicyclic amines) is 1. The second-order valence-corrected chi connectivity index (χ2v) is 9.92. The molecule has 2 heterocycles. The molecular formula is C22H24BrN3O2S. The molecule has 0 bridgehead atoms. The molecule has 152 valence electrons. The topological polar surface area (TPSA) is 52.7 Å². The van der Waals surface area contributed by atoms with Crippen LogP contribution in [0.25, 0.3) is 0 Å². The lowest BCUT2D eigenvalue weighted by Gasteiger charge is -2.44. The van der Waals surface area contributed by atoms with Crippen LogP contribution in [0.4, 0.5) is 10.5 Å². The molecule has 0 aliphatic carbocycles. The van der Waals surface area contributed by atoms with Crippen molar-refractivity contribution in [3.8, 4) is 0 Å². The van der Waals surface area contributed by atoms with Crippen molar-refractivity contribution in [1.82, 2.24) is 9.80 Å². The molecule has 0 saturated carbocycles. The SMILES string of the molecule is Cc1cccc(C(=O)N2CCSC23CCN(C(=O)Nc2cccc(Br)c2)CC3)c1. The Bertz CT molecular complexity index is 928. The van der Waals surface area contributed by atoms with Crippen molar-refractivity contribution < 1.29 is 9.59 Å². The van der Waals surface area contributed by atoms with Crippen LogP contribution in [0.15, 0.2) is 53.0 Å². The van der Waals surface area contributed by atoms with Crippen molar-refractivity contribution in [2.75, 3.05) is 30.7 Å². The fourth-order valence-electron chi connectivity index (χ4n) is 4.07. The number of nitrogens with one attached hydrogen (secondary N) is 1. The van der Waals surface area contributed by atoms with E-state index in [0.717, 1.165) is 46.4 Å². The molecule has 0 unspecified atom stereocenters. The number of rotatable bonds is 2. The molecule has 29 heavy (non-hydrogen) atoms. The lowest BCUT2D eigenvalue weighted by molar-refractivity contribution is 0.0585. The fraction of sp³-hybridized carbons (Fsp3) is 0.364. The first-order valence-electron chi connectivity index (χ1n) is 9.81. The molecule has 2 aromatic carbocycles. The maximum absolute atomic E-state index is 13.2. The molecule has 2 fully saturated rings. The highest BCUT2D eigenvalue weighted by Gasteiger charge is 2.47. The second-order valence-electron chi connectivity index (χ2n) is 7.55. The van der Waals surface area contributed by atoms with Crippen LogP contribution in [0.1, 0.15) is 28.8 Å². The number of carbonyl (C=O) groups is 2. The van der Waals surface area contributed by atoms with Crippen molar-refractivity contribution >= 4 is 45.3 Å². The summed E-state index contributed by atoms with van der Waals surface area (Å²) in [6, 6.07) is 15.3. The number of thioether (sulfide) groups is 1. The molecule has 7 heteroatoms. The third-order valence-electron chi connectivity index (χ3n) is 5.60. The smallest absolute Gasteiger partial charge is 0.321 e. The Kier molecular flexibility index (Phi) is 5.88. The molecule has 4 rings (SSSR count). The summed E-state index contributed by atoms with van der Waals surface area (Å²) in [6.07, 6.45) is 1.59. The Hall–Kier alpha value is -1.99. The van der Waals surface area contributed by atoms with E-state index in [4.69, 9.17) is 0 Å². The number of hydrogen-bond acceptors (Lipinski definition) is 3. The van der Waals surface area contributed by atoms with Crippen LogP contribution < -0.4 is 5.32 Å². The van der Waals surface area contributed by atoms with Crippen molar-refractivity contribution in [1.29, 1.82) is 0 Å². The highest BCUT2D eigenvalue weighted by molar-refractivity contribution is 9.10. The molecule has 2 aliphatic rings. The number of amides is 3. The van der Waals surface area contributed by atoms with E-state index in [9.17, 15) is 9.59 Å². The van der Waals surface area contributed by atoms with Crippen LogP contribution >= 0.6 is 27.7 Å². The Balaban J connectivity index is 1.42. The Morgan fingerprint density at radius 2 is 1.83 bits per heavy atom. The van der Waals surface area contributed by atoms with Gasteiger partial charge in [-0.25, -0.2) is 4.79 Å². The number of anilines is 1. The molecule has 0 atom stereocenters. The molecule has 0 radical (unpaired) electrons. The first kappa shape index (κ1) is 20.3. The minimum Gasteiger partial charge on any atom is -0.324 e. The normalized spacial score (nSPS) is 18.1. The van der Waals surface area contributed by atoms with E-state index < -0.39 is 0 Å². The average Bonchev–Trinajstić information content (AvgIpc) is 3.11. The minimum absolute atomic E-state index is 0.0856. The third-order valence-corrected chi connectivity index (χ3v) is 7.64. The number of piperidine rings is 1. The van der Waals surface area contributed by atoms with Gasteiger partial charge in [-0.05, 0) is 50.1 Å². The van der Waals surface area contributed by atoms with Gasteiger partial charge in [0.25, 0.3) is 5.91 Å². The summed E-state index contributed by atoms with van der Waals surface area (Å²) in [4.78, 5) is 29.5. The number of carbonyl (C=O) groups excluding carboxylic acids is 2. The Labute approximate surface area is 184 Å². The summed E-state index contributed by atoms with van der Waals surface area (Å²) in [5.41, 5.74) is 2.62. The predicted molar refractivity (Wildman–Crippen MR) is 121 cm³/mol. The summed E-state index contributed by atoms with van der Waals surface area (Å²) in [6.45, 7) is 4.06. The van der Waals surface area contributed by atoms with Crippen LogP contribution in [-0.4, -0.2) is 52.0 Å². The lowest BCUT2D eigenvalue weighted by Crippen LogP contribution is -2.54. The van der Waals surface area contributed by atoms with Crippen LogP contribution in [-0.2, 0) is 0 Å². The number of urea groups is 1. The van der Waals surface area contributed by atoms with Gasteiger partial charge in [0.2, 0.25) is 0 Å². The van der Waals surface area contributed by atoms with Gasteiger partial charge in [-0.3, -0.25) is 4.79 Å². The first-order valence-corrected chi connectivity index (χ1v) is 11.6. The monoisotopic (exact) mass is 473 g/mol. The first-order chi connectivity index (χ1) is 14.0.